The first-order valence-electron chi connectivity index (χ1n) is 8.28. The van der Waals surface area contributed by atoms with Gasteiger partial charge < -0.3 is 14.5 Å². The Bertz CT molecular complexity index is 750. The van der Waals surface area contributed by atoms with Crippen molar-refractivity contribution in [1.82, 2.24) is 15.0 Å². The largest absolute Gasteiger partial charge is 0.385 e. The fraction of sp³-hybridized carbons (Fsp3) is 0.444. The van der Waals surface area contributed by atoms with Crippen molar-refractivity contribution in [1.29, 1.82) is 5.26 Å². The normalized spacial score (nSPS) is 18.6. The van der Waals surface area contributed by atoms with Gasteiger partial charge in [0, 0.05) is 44.4 Å². The van der Waals surface area contributed by atoms with Crippen molar-refractivity contribution in [3.63, 3.8) is 0 Å². The lowest BCUT2D eigenvalue weighted by Crippen LogP contribution is -2.46. The third-order valence-electron chi connectivity index (χ3n) is 4.57. The fourth-order valence-electron chi connectivity index (χ4n) is 2.94. The first-order valence-corrected chi connectivity index (χ1v) is 8.66. The minimum absolute atomic E-state index is 0.357. The van der Waals surface area contributed by atoms with Crippen LogP contribution in [0.5, 0.6) is 0 Å². The monoisotopic (exact) mass is 360 g/mol. The second-order valence-electron chi connectivity index (χ2n) is 6.38. The van der Waals surface area contributed by atoms with E-state index >= 15 is 0 Å². The van der Waals surface area contributed by atoms with Crippen LogP contribution in [0.25, 0.3) is 11.3 Å². The number of piperazine rings is 1. The molecule has 0 spiro atoms. The molecule has 6 nitrogen and oxygen atoms in total. The summed E-state index contributed by atoms with van der Waals surface area (Å²) in [6.07, 6.45) is -0.996. The molecule has 1 fully saturated rings. The highest BCUT2D eigenvalue weighted by atomic mass is 35.5. The second-order valence-corrected chi connectivity index (χ2v) is 6.79. The van der Waals surface area contributed by atoms with Crippen LogP contribution in [0.4, 0.5) is 0 Å². The molecule has 2 aromatic rings. The Balaban J connectivity index is 1.70. The summed E-state index contributed by atoms with van der Waals surface area (Å²) in [5.41, 5.74) is 1.07. The first-order chi connectivity index (χ1) is 12.1. The van der Waals surface area contributed by atoms with Crippen LogP contribution >= 0.6 is 11.6 Å². The summed E-state index contributed by atoms with van der Waals surface area (Å²) < 4.78 is 5.33. The lowest BCUT2D eigenvalue weighted by Gasteiger charge is -2.33. The molecule has 0 radical (unpaired) electrons. The Morgan fingerprint density at radius 2 is 2.04 bits per heavy atom. The summed E-state index contributed by atoms with van der Waals surface area (Å²) in [4.78, 5) is 4.45. The van der Waals surface area contributed by atoms with Crippen LogP contribution in [0.1, 0.15) is 11.8 Å². The van der Waals surface area contributed by atoms with E-state index in [1.165, 1.54) is 0 Å². The van der Waals surface area contributed by atoms with Crippen molar-refractivity contribution in [2.75, 3.05) is 39.8 Å². The maximum Gasteiger partial charge on any atom is 0.168 e. The molecule has 1 aromatic carbocycles. The third kappa shape index (κ3) is 4.20. The quantitative estimate of drug-likeness (QED) is 0.882. The van der Waals surface area contributed by atoms with E-state index in [9.17, 15) is 10.4 Å². The van der Waals surface area contributed by atoms with Crippen LogP contribution in [0.3, 0.4) is 0 Å². The van der Waals surface area contributed by atoms with Gasteiger partial charge in [0.25, 0.3) is 0 Å². The molecule has 1 aliphatic rings. The fourth-order valence-corrected chi connectivity index (χ4v) is 3.17. The molecular formula is C18H21ClN4O2. The molecule has 25 heavy (non-hydrogen) atoms. The smallest absolute Gasteiger partial charge is 0.168 e. The van der Waals surface area contributed by atoms with E-state index < -0.39 is 12.0 Å². The van der Waals surface area contributed by atoms with Crippen LogP contribution in [0, 0.1) is 17.2 Å². The molecule has 0 aliphatic carbocycles. The predicted molar refractivity (Wildman–Crippen MR) is 94.9 cm³/mol. The van der Waals surface area contributed by atoms with Gasteiger partial charge in [0.05, 0.1) is 17.0 Å². The molecule has 3 rings (SSSR count). The molecule has 0 amide bonds. The van der Waals surface area contributed by atoms with E-state index in [1.54, 1.807) is 12.1 Å². The van der Waals surface area contributed by atoms with Gasteiger partial charge in [0.15, 0.2) is 5.76 Å². The molecule has 2 heterocycles. The van der Waals surface area contributed by atoms with Gasteiger partial charge in [-0.05, 0) is 19.2 Å². The van der Waals surface area contributed by atoms with Crippen molar-refractivity contribution in [2.24, 2.45) is 5.92 Å². The second kappa shape index (κ2) is 7.98. The Kier molecular flexibility index (Phi) is 5.71. The maximum atomic E-state index is 10.6. The zero-order valence-corrected chi connectivity index (χ0v) is 14.9. The topological polar surface area (TPSA) is 76.5 Å². The van der Waals surface area contributed by atoms with Gasteiger partial charge in [-0.3, -0.25) is 4.90 Å². The molecule has 132 valence electrons. The number of rotatable bonds is 5. The molecule has 1 aromatic heterocycles. The summed E-state index contributed by atoms with van der Waals surface area (Å²) >= 11 is 6.16. The molecule has 1 N–H and O–H groups in total. The molecule has 0 bridgehead atoms. The number of aliphatic hydroxyl groups excluding tert-OH is 1. The summed E-state index contributed by atoms with van der Waals surface area (Å²) in [5.74, 6) is -0.0801. The van der Waals surface area contributed by atoms with Gasteiger partial charge in [0.2, 0.25) is 0 Å². The summed E-state index contributed by atoms with van der Waals surface area (Å²) in [6.45, 7) is 4.24. The summed E-state index contributed by atoms with van der Waals surface area (Å²) in [7, 11) is 2.08. The minimum Gasteiger partial charge on any atom is -0.385 e. The van der Waals surface area contributed by atoms with Crippen LogP contribution in [-0.4, -0.2) is 59.8 Å². The van der Waals surface area contributed by atoms with Crippen LogP contribution in [-0.2, 0) is 0 Å². The zero-order valence-electron chi connectivity index (χ0n) is 14.1. The van der Waals surface area contributed by atoms with Crippen LogP contribution in [0.15, 0.2) is 34.9 Å². The van der Waals surface area contributed by atoms with Crippen molar-refractivity contribution in [2.45, 2.75) is 6.10 Å². The Morgan fingerprint density at radius 1 is 1.32 bits per heavy atom. The van der Waals surface area contributed by atoms with Crippen molar-refractivity contribution < 1.29 is 9.63 Å². The number of hydrogen-bond acceptors (Lipinski definition) is 6. The van der Waals surface area contributed by atoms with Gasteiger partial charge >= 0.3 is 0 Å². The van der Waals surface area contributed by atoms with Gasteiger partial charge in [-0.1, -0.05) is 28.9 Å². The van der Waals surface area contributed by atoms with Gasteiger partial charge in [-0.25, -0.2) is 0 Å². The van der Waals surface area contributed by atoms with Gasteiger partial charge in [0.1, 0.15) is 11.8 Å². The Hall–Kier alpha value is -1.91. The highest BCUT2D eigenvalue weighted by Crippen LogP contribution is 2.31. The molecule has 0 unspecified atom stereocenters. The molecule has 0 saturated carbocycles. The minimum atomic E-state index is -0.996. The number of nitrogens with zero attached hydrogens (tertiary/aromatic N) is 4. The third-order valence-corrected chi connectivity index (χ3v) is 4.90. The lowest BCUT2D eigenvalue weighted by atomic mass is 9.99. The van der Waals surface area contributed by atoms with Crippen LogP contribution in [0.2, 0.25) is 5.02 Å². The number of aliphatic hydroxyl groups is 1. The SMILES string of the molecule is CN1CCN(C[C@H](C#N)[C@H](O)c2cc(-c3ccccc3Cl)on2)CC1. The molecule has 2 atom stereocenters. The Morgan fingerprint density at radius 3 is 2.72 bits per heavy atom. The standard InChI is InChI=1S/C18H21ClN4O2/c1-22-6-8-23(9-7-22)12-13(11-20)18(24)16-10-17(25-21-16)14-4-2-3-5-15(14)19/h2-5,10,13,18,24H,6-9,12H2,1H3/t13-,18-/m0/s1. The molecule has 1 saturated heterocycles. The highest BCUT2D eigenvalue weighted by molar-refractivity contribution is 6.33. The molecule has 1 aliphatic heterocycles. The lowest BCUT2D eigenvalue weighted by molar-refractivity contribution is 0.0801. The average Bonchev–Trinajstić information content (AvgIpc) is 3.11. The number of aromatic nitrogens is 1. The van der Waals surface area contributed by atoms with Crippen molar-refractivity contribution in [3.05, 3.63) is 41.0 Å². The van der Waals surface area contributed by atoms with E-state index in [1.807, 2.05) is 18.2 Å². The van der Waals surface area contributed by atoms with Gasteiger partial charge in [-0.2, -0.15) is 5.26 Å². The van der Waals surface area contributed by atoms with E-state index in [0.717, 1.165) is 26.2 Å². The summed E-state index contributed by atoms with van der Waals surface area (Å²) in [6, 6.07) is 11.1. The first kappa shape index (κ1) is 17.9. The zero-order chi connectivity index (χ0) is 17.8. The van der Waals surface area contributed by atoms with E-state index in [4.69, 9.17) is 16.1 Å². The van der Waals surface area contributed by atoms with Crippen LogP contribution < -0.4 is 0 Å². The molecular weight excluding hydrogens is 340 g/mol. The summed E-state index contributed by atoms with van der Waals surface area (Å²) in [5, 5.41) is 24.6. The number of hydrogen-bond donors (Lipinski definition) is 1. The van der Waals surface area contributed by atoms with Gasteiger partial charge in [-0.15, -0.1) is 0 Å². The van der Waals surface area contributed by atoms with Crippen molar-refractivity contribution in [3.8, 4) is 17.4 Å². The maximum absolute atomic E-state index is 10.6. The van der Waals surface area contributed by atoms with E-state index in [0.29, 0.717) is 28.6 Å². The average molecular weight is 361 g/mol. The Labute approximate surface area is 152 Å². The number of benzene rings is 1. The molecule has 7 heteroatoms. The number of nitriles is 1. The van der Waals surface area contributed by atoms with E-state index in [-0.39, 0.29) is 0 Å². The predicted octanol–water partition coefficient (Wildman–Crippen LogP) is 2.42. The van der Waals surface area contributed by atoms with E-state index in [2.05, 4.69) is 28.1 Å². The van der Waals surface area contributed by atoms with Crippen molar-refractivity contribution >= 4 is 11.6 Å². The number of halogens is 1. The highest BCUT2D eigenvalue weighted by Gasteiger charge is 2.27. The number of likely N-dealkylation sites (N-methyl/N-ethyl adjacent to an activating group) is 1.